The number of carbonyl (C=O) groups excluding carboxylic acids is 2. The molecule has 1 heterocycles. The van der Waals surface area contributed by atoms with Gasteiger partial charge in [0, 0.05) is 11.8 Å². The van der Waals surface area contributed by atoms with E-state index in [4.69, 9.17) is 4.74 Å². The molecule has 0 atom stereocenters. The average Bonchev–Trinajstić information content (AvgIpc) is 3.03. The van der Waals surface area contributed by atoms with Crippen molar-refractivity contribution in [3.63, 3.8) is 0 Å². The van der Waals surface area contributed by atoms with E-state index in [0.29, 0.717) is 23.6 Å². The predicted octanol–water partition coefficient (Wildman–Crippen LogP) is 5.38. The molecule has 1 aliphatic heterocycles. The first-order valence-electron chi connectivity index (χ1n) is 10.5. The van der Waals surface area contributed by atoms with Gasteiger partial charge in [-0.05, 0) is 67.8 Å². The number of hydrogen-bond donors (Lipinski definition) is 1. The quantitative estimate of drug-likeness (QED) is 0.515. The predicted molar refractivity (Wildman–Crippen MR) is 123 cm³/mol. The number of rotatable bonds is 6. The Balaban J connectivity index is 1.83. The molecule has 0 spiro atoms. The third-order valence-electron chi connectivity index (χ3n) is 5.35. The van der Waals surface area contributed by atoms with Crippen LogP contribution in [0, 0.1) is 25.5 Å². The van der Waals surface area contributed by atoms with Crippen LogP contribution >= 0.6 is 0 Å². The first-order chi connectivity index (χ1) is 15.8. The smallest absolute Gasteiger partial charge is 0.282 e. The van der Waals surface area contributed by atoms with E-state index < -0.39 is 23.4 Å². The lowest BCUT2D eigenvalue weighted by Crippen LogP contribution is -2.32. The summed E-state index contributed by atoms with van der Waals surface area (Å²) in [6, 6.07) is 15.4. The molecular weight excluding hydrogens is 426 g/mol. The Morgan fingerprint density at radius 1 is 0.879 bits per heavy atom. The van der Waals surface area contributed by atoms with Crippen molar-refractivity contribution in [1.29, 1.82) is 0 Å². The van der Waals surface area contributed by atoms with Crippen molar-refractivity contribution < 1.29 is 23.1 Å². The number of aryl methyl sites for hydroxylation is 2. The van der Waals surface area contributed by atoms with E-state index >= 15 is 0 Å². The first kappa shape index (κ1) is 22.2. The Labute approximate surface area is 190 Å². The van der Waals surface area contributed by atoms with Gasteiger partial charge in [0.1, 0.15) is 11.4 Å². The summed E-state index contributed by atoms with van der Waals surface area (Å²) in [5.74, 6) is -2.88. The fraction of sp³-hybridized carbons (Fsp3) is 0.154. The number of halogens is 2. The summed E-state index contributed by atoms with van der Waals surface area (Å²) >= 11 is 0. The molecule has 3 aromatic carbocycles. The Bertz CT molecular complexity index is 1280. The van der Waals surface area contributed by atoms with Crippen LogP contribution in [0.5, 0.6) is 5.75 Å². The van der Waals surface area contributed by atoms with E-state index in [1.165, 1.54) is 6.07 Å². The van der Waals surface area contributed by atoms with Crippen molar-refractivity contribution in [2.24, 2.45) is 0 Å². The maximum Gasteiger partial charge on any atom is 0.282 e. The highest BCUT2D eigenvalue weighted by molar-refractivity contribution is 6.46. The molecule has 1 aliphatic rings. The maximum absolute atomic E-state index is 13.9. The van der Waals surface area contributed by atoms with Crippen LogP contribution in [0.4, 0.5) is 20.2 Å². The summed E-state index contributed by atoms with van der Waals surface area (Å²) in [6.45, 7) is 6.15. The molecule has 1 N–H and O–H groups in total. The van der Waals surface area contributed by atoms with Gasteiger partial charge < -0.3 is 10.1 Å². The van der Waals surface area contributed by atoms with Crippen molar-refractivity contribution in [3.8, 4) is 5.75 Å². The zero-order valence-electron chi connectivity index (χ0n) is 18.4. The van der Waals surface area contributed by atoms with Crippen LogP contribution in [-0.2, 0) is 9.59 Å². The van der Waals surface area contributed by atoms with E-state index in [9.17, 15) is 18.4 Å². The third kappa shape index (κ3) is 4.22. The van der Waals surface area contributed by atoms with Gasteiger partial charge in [0.25, 0.3) is 11.8 Å². The minimum atomic E-state index is -1.15. The molecule has 0 saturated carbocycles. The van der Waals surface area contributed by atoms with E-state index in [1.54, 1.807) is 24.3 Å². The highest BCUT2D eigenvalue weighted by Gasteiger charge is 2.40. The van der Waals surface area contributed by atoms with Gasteiger partial charge in [-0.1, -0.05) is 24.3 Å². The topological polar surface area (TPSA) is 58.6 Å². The Morgan fingerprint density at radius 3 is 2.27 bits per heavy atom. The average molecular weight is 448 g/mol. The number of nitrogens with zero attached hydrogens (tertiary/aromatic N) is 1. The molecule has 0 unspecified atom stereocenters. The van der Waals surface area contributed by atoms with Crippen LogP contribution in [-0.4, -0.2) is 18.4 Å². The summed E-state index contributed by atoms with van der Waals surface area (Å²) in [6.07, 6.45) is 0. The van der Waals surface area contributed by atoms with Crippen LogP contribution < -0.4 is 15.0 Å². The van der Waals surface area contributed by atoms with Gasteiger partial charge in [0.15, 0.2) is 11.6 Å². The number of ether oxygens (including phenoxy) is 1. The second kappa shape index (κ2) is 8.86. The summed E-state index contributed by atoms with van der Waals surface area (Å²) in [7, 11) is 0. The van der Waals surface area contributed by atoms with Crippen LogP contribution in [0.15, 0.2) is 66.4 Å². The van der Waals surface area contributed by atoms with Gasteiger partial charge in [0.05, 0.1) is 17.9 Å². The molecule has 168 valence electrons. The van der Waals surface area contributed by atoms with Crippen LogP contribution in [0.3, 0.4) is 0 Å². The molecule has 0 bridgehead atoms. The number of hydrogen-bond acceptors (Lipinski definition) is 4. The van der Waals surface area contributed by atoms with Gasteiger partial charge in [0.2, 0.25) is 0 Å². The standard InChI is InChI=1S/C26H22F2N2O3/c1-4-33-19-10-7-17(8-11-19)23-24(29-22-13-15(2)5-6-16(22)3)26(32)30(25(23)31)18-9-12-20(27)21(28)14-18/h5-14,29H,4H2,1-3H3. The van der Waals surface area contributed by atoms with Gasteiger partial charge in [-0.15, -0.1) is 0 Å². The molecule has 0 radical (unpaired) electrons. The number of benzene rings is 3. The van der Waals surface area contributed by atoms with Gasteiger partial charge in [-0.3, -0.25) is 9.59 Å². The zero-order valence-corrected chi connectivity index (χ0v) is 18.4. The van der Waals surface area contributed by atoms with E-state index in [-0.39, 0.29) is 17.0 Å². The minimum absolute atomic E-state index is 0.0508. The number of carbonyl (C=O) groups is 2. The largest absolute Gasteiger partial charge is 0.494 e. The minimum Gasteiger partial charge on any atom is -0.494 e. The van der Waals surface area contributed by atoms with E-state index in [0.717, 1.165) is 28.2 Å². The second-order valence-electron chi connectivity index (χ2n) is 7.69. The lowest BCUT2D eigenvalue weighted by Gasteiger charge is -2.16. The first-order valence-corrected chi connectivity index (χ1v) is 10.5. The van der Waals surface area contributed by atoms with Crippen molar-refractivity contribution in [3.05, 3.63) is 94.7 Å². The Hall–Kier alpha value is -4.00. The molecule has 3 aromatic rings. The normalized spacial score (nSPS) is 13.7. The summed E-state index contributed by atoms with van der Waals surface area (Å²) in [5.41, 5.74) is 3.16. The molecule has 4 rings (SSSR count). The van der Waals surface area contributed by atoms with Gasteiger partial charge in [-0.25, -0.2) is 13.7 Å². The Kier molecular flexibility index (Phi) is 5.96. The lowest BCUT2D eigenvalue weighted by molar-refractivity contribution is -0.120. The molecule has 0 aliphatic carbocycles. The van der Waals surface area contributed by atoms with Crippen molar-refractivity contribution in [1.82, 2.24) is 0 Å². The molecule has 7 heteroatoms. The van der Waals surface area contributed by atoms with Crippen molar-refractivity contribution in [2.75, 3.05) is 16.8 Å². The van der Waals surface area contributed by atoms with E-state index in [2.05, 4.69) is 5.32 Å². The monoisotopic (exact) mass is 448 g/mol. The fourth-order valence-corrected chi connectivity index (χ4v) is 3.66. The number of anilines is 2. The highest BCUT2D eigenvalue weighted by Crippen LogP contribution is 2.35. The summed E-state index contributed by atoms with van der Waals surface area (Å²) < 4.78 is 32.8. The van der Waals surface area contributed by atoms with Crippen LogP contribution in [0.1, 0.15) is 23.6 Å². The lowest BCUT2D eigenvalue weighted by atomic mass is 10.0. The zero-order chi connectivity index (χ0) is 23.7. The molecule has 33 heavy (non-hydrogen) atoms. The van der Waals surface area contributed by atoms with Crippen molar-refractivity contribution in [2.45, 2.75) is 20.8 Å². The maximum atomic E-state index is 13.9. The summed E-state index contributed by atoms with van der Waals surface area (Å²) in [5, 5.41) is 3.11. The molecular formula is C26H22F2N2O3. The second-order valence-corrected chi connectivity index (χ2v) is 7.69. The number of nitrogens with one attached hydrogen (secondary N) is 1. The third-order valence-corrected chi connectivity index (χ3v) is 5.35. The van der Waals surface area contributed by atoms with Crippen LogP contribution in [0.25, 0.3) is 5.57 Å². The molecule has 0 saturated heterocycles. The molecule has 0 aromatic heterocycles. The molecule has 0 fully saturated rings. The fourth-order valence-electron chi connectivity index (χ4n) is 3.66. The van der Waals surface area contributed by atoms with Gasteiger partial charge in [-0.2, -0.15) is 0 Å². The Morgan fingerprint density at radius 2 is 1.61 bits per heavy atom. The number of imide groups is 1. The van der Waals surface area contributed by atoms with E-state index in [1.807, 2.05) is 39.0 Å². The highest BCUT2D eigenvalue weighted by atomic mass is 19.2. The SMILES string of the molecule is CCOc1ccc(C2=C(Nc3cc(C)ccc3C)C(=O)N(c3ccc(F)c(F)c3)C2=O)cc1. The molecule has 2 amide bonds. The molecule has 5 nitrogen and oxygen atoms in total. The van der Waals surface area contributed by atoms with Crippen LogP contribution in [0.2, 0.25) is 0 Å². The number of amides is 2. The van der Waals surface area contributed by atoms with Gasteiger partial charge >= 0.3 is 0 Å². The van der Waals surface area contributed by atoms with Crippen molar-refractivity contribution >= 4 is 28.8 Å². The summed E-state index contributed by atoms with van der Waals surface area (Å²) in [4.78, 5) is 27.7.